The number of benzene rings is 1. The molecule has 19 heavy (non-hydrogen) atoms. The number of halogens is 1. The number of nitrogen functional groups attached to an aromatic ring is 1. The molecule has 0 amide bonds. The van der Waals surface area contributed by atoms with Crippen LogP contribution in [0.2, 0.25) is 5.02 Å². The van der Waals surface area contributed by atoms with Crippen LogP contribution >= 0.6 is 11.6 Å². The summed E-state index contributed by atoms with van der Waals surface area (Å²) in [6.07, 6.45) is 1.70. The third-order valence-electron chi connectivity index (χ3n) is 3.27. The van der Waals surface area contributed by atoms with Gasteiger partial charge < -0.3 is 10.5 Å². The third-order valence-corrected chi connectivity index (χ3v) is 3.66. The highest BCUT2D eigenvalue weighted by Crippen LogP contribution is 2.43. The van der Waals surface area contributed by atoms with Crippen molar-refractivity contribution in [1.82, 2.24) is 10.2 Å². The second-order valence-corrected chi connectivity index (χ2v) is 5.24. The number of rotatable bonds is 3. The Balaban J connectivity index is 2.81. The Labute approximate surface area is 117 Å². The quantitative estimate of drug-likeness (QED) is 0.899. The zero-order valence-electron chi connectivity index (χ0n) is 11.5. The number of hydrogen-bond acceptors (Lipinski definition) is 3. The highest BCUT2D eigenvalue weighted by molar-refractivity contribution is 6.32. The van der Waals surface area contributed by atoms with Crippen LogP contribution in [0.25, 0.3) is 11.1 Å². The van der Waals surface area contributed by atoms with Crippen molar-refractivity contribution in [2.45, 2.75) is 26.7 Å². The summed E-state index contributed by atoms with van der Waals surface area (Å²) in [5.74, 6) is 1.63. The van der Waals surface area contributed by atoms with Crippen molar-refractivity contribution < 1.29 is 4.74 Å². The summed E-state index contributed by atoms with van der Waals surface area (Å²) >= 11 is 6.33. The van der Waals surface area contributed by atoms with Crippen LogP contribution in [0.1, 0.15) is 30.9 Å². The van der Waals surface area contributed by atoms with Crippen molar-refractivity contribution >= 4 is 17.4 Å². The van der Waals surface area contributed by atoms with Gasteiger partial charge >= 0.3 is 0 Å². The van der Waals surface area contributed by atoms with Crippen molar-refractivity contribution in [3.63, 3.8) is 0 Å². The fourth-order valence-corrected chi connectivity index (χ4v) is 2.42. The van der Waals surface area contributed by atoms with Crippen LogP contribution in [-0.2, 0) is 0 Å². The first kappa shape index (κ1) is 13.7. The van der Waals surface area contributed by atoms with Crippen molar-refractivity contribution in [2.75, 3.05) is 12.8 Å². The summed E-state index contributed by atoms with van der Waals surface area (Å²) in [5.41, 5.74) is 9.65. The molecule has 1 heterocycles. The second-order valence-electron chi connectivity index (χ2n) is 4.83. The minimum absolute atomic E-state index is 0.305. The Kier molecular flexibility index (Phi) is 3.71. The summed E-state index contributed by atoms with van der Waals surface area (Å²) in [4.78, 5) is 0. The van der Waals surface area contributed by atoms with Gasteiger partial charge in [-0.2, -0.15) is 5.10 Å². The summed E-state index contributed by atoms with van der Waals surface area (Å²) in [7, 11) is 1.66. The van der Waals surface area contributed by atoms with E-state index in [-0.39, 0.29) is 0 Å². The number of hydrogen-bond donors (Lipinski definition) is 2. The Morgan fingerprint density at radius 3 is 2.58 bits per heavy atom. The number of methoxy groups -OCH3 is 1. The van der Waals surface area contributed by atoms with Gasteiger partial charge in [0.2, 0.25) is 0 Å². The molecule has 4 nitrogen and oxygen atoms in total. The molecule has 0 fully saturated rings. The lowest BCUT2D eigenvalue weighted by Gasteiger charge is -2.19. The van der Waals surface area contributed by atoms with Gasteiger partial charge in [-0.1, -0.05) is 25.4 Å². The van der Waals surface area contributed by atoms with Gasteiger partial charge in [0.25, 0.3) is 0 Å². The average molecular weight is 280 g/mol. The smallest absolute Gasteiger partial charge is 0.130 e. The lowest BCUT2D eigenvalue weighted by Crippen LogP contribution is -2.00. The number of aromatic amines is 1. The van der Waals surface area contributed by atoms with Gasteiger partial charge in [-0.3, -0.25) is 5.10 Å². The van der Waals surface area contributed by atoms with E-state index in [4.69, 9.17) is 22.1 Å². The first-order valence-electron chi connectivity index (χ1n) is 6.13. The largest absolute Gasteiger partial charge is 0.496 e. The number of anilines is 1. The Bertz CT molecular complexity index is 605. The zero-order valence-corrected chi connectivity index (χ0v) is 12.3. The number of nitrogens with two attached hydrogens (primary N) is 1. The molecule has 0 aliphatic carbocycles. The lowest BCUT2D eigenvalue weighted by atomic mass is 9.93. The summed E-state index contributed by atoms with van der Waals surface area (Å²) in [5, 5.41) is 7.42. The number of aromatic nitrogens is 2. The van der Waals surface area contributed by atoms with Crippen molar-refractivity contribution in [3.05, 3.63) is 28.4 Å². The fraction of sp³-hybridized carbons (Fsp3) is 0.357. The molecule has 0 atom stereocenters. The predicted octanol–water partition coefficient (Wildman–Crippen LogP) is 3.75. The molecule has 0 spiro atoms. The van der Waals surface area contributed by atoms with Gasteiger partial charge in [-0.25, -0.2) is 0 Å². The van der Waals surface area contributed by atoms with E-state index in [2.05, 4.69) is 24.0 Å². The van der Waals surface area contributed by atoms with Crippen LogP contribution < -0.4 is 10.5 Å². The normalized spacial score (nSPS) is 11.1. The monoisotopic (exact) mass is 279 g/mol. The number of H-pyrrole nitrogens is 1. The SMILES string of the molecule is COc1c(C(C)C)cc(Cl)c(C)c1-c1cn[nH]c1N. The van der Waals surface area contributed by atoms with Crippen molar-refractivity contribution in [3.8, 4) is 16.9 Å². The molecule has 102 valence electrons. The minimum Gasteiger partial charge on any atom is -0.496 e. The van der Waals surface area contributed by atoms with Gasteiger partial charge in [0.15, 0.2) is 0 Å². The van der Waals surface area contributed by atoms with Crippen LogP contribution in [0.5, 0.6) is 5.75 Å². The number of nitrogens with one attached hydrogen (secondary N) is 1. The molecule has 0 saturated carbocycles. The molecule has 5 heteroatoms. The fourth-order valence-electron chi connectivity index (χ4n) is 2.21. The molecule has 2 aromatic rings. The van der Waals surface area contributed by atoms with E-state index in [0.717, 1.165) is 28.0 Å². The van der Waals surface area contributed by atoms with Gasteiger partial charge in [0, 0.05) is 16.1 Å². The molecule has 0 unspecified atom stereocenters. The Morgan fingerprint density at radius 2 is 2.11 bits per heavy atom. The maximum atomic E-state index is 6.33. The maximum absolute atomic E-state index is 6.33. The van der Waals surface area contributed by atoms with Crippen molar-refractivity contribution in [2.24, 2.45) is 0 Å². The van der Waals surface area contributed by atoms with E-state index in [1.54, 1.807) is 13.3 Å². The van der Waals surface area contributed by atoms with E-state index in [1.165, 1.54) is 0 Å². The molecular weight excluding hydrogens is 262 g/mol. The summed E-state index contributed by atoms with van der Waals surface area (Å²) < 4.78 is 5.60. The molecule has 0 bridgehead atoms. The van der Waals surface area contributed by atoms with E-state index in [0.29, 0.717) is 16.8 Å². The third kappa shape index (κ3) is 2.28. The van der Waals surface area contributed by atoms with E-state index >= 15 is 0 Å². The topological polar surface area (TPSA) is 63.9 Å². The van der Waals surface area contributed by atoms with Crippen LogP contribution in [0.3, 0.4) is 0 Å². The van der Waals surface area contributed by atoms with E-state index in [1.807, 2.05) is 13.0 Å². The maximum Gasteiger partial charge on any atom is 0.130 e. The van der Waals surface area contributed by atoms with Crippen LogP contribution in [0.15, 0.2) is 12.3 Å². The van der Waals surface area contributed by atoms with Gasteiger partial charge in [-0.05, 0) is 30.0 Å². The Hall–Kier alpha value is -1.68. The van der Waals surface area contributed by atoms with E-state index in [9.17, 15) is 0 Å². The molecular formula is C14H18ClN3O. The lowest BCUT2D eigenvalue weighted by molar-refractivity contribution is 0.409. The number of ether oxygens (including phenoxy) is 1. The van der Waals surface area contributed by atoms with E-state index < -0.39 is 0 Å². The predicted molar refractivity (Wildman–Crippen MR) is 78.8 cm³/mol. The highest BCUT2D eigenvalue weighted by atomic mass is 35.5. The molecule has 0 saturated heterocycles. The molecule has 1 aromatic heterocycles. The number of nitrogens with zero attached hydrogens (tertiary/aromatic N) is 1. The van der Waals surface area contributed by atoms with Gasteiger partial charge in [0.05, 0.1) is 13.3 Å². The second kappa shape index (κ2) is 5.13. The van der Waals surface area contributed by atoms with Crippen LogP contribution in [0.4, 0.5) is 5.82 Å². The Morgan fingerprint density at radius 1 is 1.42 bits per heavy atom. The molecule has 0 radical (unpaired) electrons. The molecule has 1 aromatic carbocycles. The van der Waals surface area contributed by atoms with Crippen LogP contribution in [0, 0.1) is 6.92 Å². The van der Waals surface area contributed by atoms with Gasteiger partial charge in [0.1, 0.15) is 11.6 Å². The summed E-state index contributed by atoms with van der Waals surface area (Å²) in [6, 6.07) is 1.96. The van der Waals surface area contributed by atoms with Gasteiger partial charge in [-0.15, -0.1) is 0 Å². The van der Waals surface area contributed by atoms with Crippen LogP contribution in [-0.4, -0.2) is 17.3 Å². The standard InChI is InChI=1S/C14H18ClN3O/c1-7(2)9-5-11(15)8(3)12(13(9)19-4)10-6-17-18-14(10)16/h5-7H,1-4H3,(H3,16,17,18). The molecule has 0 aliphatic heterocycles. The zero-order chi connectivity index (χ0) is 14.2. The highest BCUT2D eigenvalue weighted by Gasteiger charge is 2.21. The van der Waals surface area contributed by atoms with Crippen molar-refractivity contribution in [1.29, 1.82) is 0 Å². The first-order chi connectivity index (χ1) is 8.97. The molecule has 2 rings (SSSR count). The molecule has 3 N–H and O–H groups in total. The molecule has 0 aliphatic rings. The average Bonchev–Trinajstić information content (AvgIpc) is 2.77. The first-order valence-corrected chi connectivity index (χ1v) is 6.51. The summed E-state index contributed by atoms with van der Waals surface area (Å²) in [6.45, 7) is 6.16. The minimum atomic E-state index is 0.305.